The number of hydrogen-bond donors (Lipinski definition) is 2. The minimum Gasteiger partial charge on any atom is -0.477 e. The molecule has 0 saturated carbocycles. The summed E-state index contributed by atoms with van der Waals surface area (Å²) in [5.74, 6) is 1.29. The summed E-state index contributed by atoms with van der Waals surface area (Å²) < 4.78 is 5.45. The van der Waals surface area contributed by atoms with Crippen molar-refractivity contribution in [2.45, 2.75) is 19.8 Å². The molecule has 0 unspecified atom stereocenters. The number of aromatic nitrogens is 2. The third-order valence-corrected chi connectivity index (χ3v) is 2.77. The van der Waals surface area contributed by atoms with Crippen molar-refractivity contribution in [2.24, 2.45) is 0 Å². The zero-order valence-corrected chi connectivity index (χ0v) is 11.7. The second kappa shape index (κ2) is 7.33. The quantitative estimate of drug-likeness (QED) is 0.758. The third-order valence-electron chi connectivity index (χ3n) is 2.77. The van der Waals surface area contributed by atoms with Gasteiger partial charge < -0.3 is 15.8 Å². The first kappa shape index (κ1) is 14.1. The molecule has 1 aromatic carbocycles. The molecule has 20 heavy (non-hydrogen) atoms. The van der Waals surface area contributed by atoms with Crippen molar-refractivity contribution in [3.05, 3.63) is 42.2 Å². The number of nitrogens with two attached hydrogens (primary N) is 1. The van der Waals surface area contributed by atoms with E-state index < -0.39 is 0 Å². The fourth-order valence-corrected chi connectivity index (χ4v) is 1.73. The van der Waals surface area contributed by atoms with Crippen LogP contribution in [-0.4, -0.2) is 23.1 Å². The first-order valence-electron chi connectivity index (χ1n) is 6.81. The molecule has 0 fully saturated rings. The molecular weight excluding hydrogens is 252 g/mol. The van der Waals surface area contributed by atoms with Gasteiger partial charge in [0.1, 0.15) is 5.82 Å². The van der Waals surface area contributed by atoms with Gasteiger partial charge in [-0.05, 0) is 30.5 Å². The molecular formula is C15H20N4O. The van der Waals surface area contributed by atoms with E-state index in [1.807, 2.05) is 24.3 Å². The van der Waals surface area contributed by atoms with Gasteiger partial charge in [-0.25, -0.2) is 0 Å². The van der Waals surface area contributed by atoms with Crippen molar-refractivity contribution in [3.8, 4) is 5.88 Å². The highest BCUT2D eigenvalue weighted by Gasteiger charge is 1.99. The number of hydrogen-bond acceptors (Lipinski definition) is 5. The number of benzene rings is 1. The maximum Gasteiger partial charge on any atom is 0.234 e. The lowest BCUT2D eigenvalue weighted by molar-refractivity contribution is 0.304. The molecule has 0 bridgehead atoms. The van der Waals surface area contributed by atoms with Crippen LogP contribution in [0, 0.1) is 0 Å². The molecule has 2 rings (SSSR count). The molecule has 1 heterocycles. The van der Waals surface area contributed by atoms with Gasteiger partial charge in [0, 0.05) is 12.2 Å². The standard InChI is InChI=1S/C15H20N4O/c1-2-9-20-15-11-17-10-14(19-15)18-8-7-12-3-5-13(16)6-4-12/h3-6,10-11H,2,7-9,16H2,1H3,(H,18,19). The van der Waals surface area contributed by atoms with E-state index in [0.29, 0.717) is 12.5 Å². The first-order valence-corrected chi connectivity index (χ1v) is 6.81. The lowest BCUT2D eigenvalue weighted by Gasteiger charge is -2.08. The maximum absolute atomic E-state index is 5.66. The van der Waals surface area contributed by atoms with Gasteiger partial charge in [-0.15, -0.1) is 0 Å². The van der Waals surface area contributed by atoms with Crippen molar-refractivity contribution in [2.75, 3.05) is 24.2 Å². The van der Waals surface area contributed by atoms with Gasteiger partial charge in [-0.2, -0.15) is 4.98 Å². The average Bonchev–Trinajstić information content (AvgIpc) is 2.48. The normalized spacial score (nSPS) is 10.2. The molecule has 5 heteroatoms. The average molecular weight is 272 g/mol. The van der Waals surface area contributed by atoms with E-state index >= 15 is 0 Å². The summed E-state index contributed by atoms with van der Waals surface area (Å²) in [6, 6.07) is 7.88. The summed E-state index contributed by atoms with van der Waals surface area (Å²) in [7, 11) is 0. The van der Waals surface area contributed by atoms with Crippen LogP contribution in [0.1, 0.15) is 18.9 Å². The van der Waals surface area contributed by atoms with E-state index in [1.54, 1.807) is 12.4 Å². The summed E-state index contributed by atoms with van der Waals surface area (Å²) >= 11 is 0. The Morgan fingerprint density at radius 3 is 2.75 bits per heavy atom. The number of nitrogens with one attached hydrogen (secondary N) is 1. The predicted octanol–water partition coefficient (Wildman–Crippen LogP) is 2.50. The molecule has 0 spiro atoms. The van der Waals surface area contributed by atoms with Crippen LogP contribution in [0.15, 0.2) is 36.7 Å². The Labute approximate surface area is 119 Å². The van der Waals surface area contributed by atoms with Crippen molar-refractivity contribution in [1.29, 1.82) is 0 Å². The molecule has 0 aliphatic carbocycles. The number of ether oxygens (including phenoxy) is 1. The number of rotatable bonds is 7. The van der Waals surface area contributed by atoms with E-state index in [9.17, 15) is 0 Å². The molecule has 3 N–H and O–H groups in total. The van der Waals surface area contributed by atoms with Crippen LogP contribution in [0.2, 0.25) is 0 Å². The van der Waals surface area contributed by atoms with E-state index in [0.717, 1.165) is 30.9 Å². The summed E-state index contributed by atoms with van der Waals surface area (Å²) in [5.41, 5.74) is 7.67. The monoisotopic (exact) mass is 272 g/mol. The number of nitrogen functional groups attached to an aromatic ring is 1. The molecule has 0 atom stereocenters. The lowest BCUT2D eigenvalue weighted by Crippen LogP contribution is -2.07. The van der Waals surface area contributed by atoms with Crippen LogP contribution in [-0.2, 0) is 6.42 Å². The van der Waals surface area contributed by atoms with Crippen LogP contribution < -0.4 is 15.8 Å². The minimum atomic E-state index is 0.560. The molecule has 106 valence electrons. The van der Waals surface area contributed by atoms with Crippen molar-refractivity contribution in [3.63, 3.8) is 0 Å². The lowest BCUT2D eigenvalue weighted by atomic mass is 10.1. The van der Waals surface area contributed by atoms with Crippen LogP contribution in [0.4, 0.5) is 11.5 Å². The molecule has 0 amide bonds. The topological polar surface area (TPSA) is 73.1 Å². The Bertz CT molecular complexity index is 528. The minimum absolute atomic E-state index is 0.560. The highest BCUT2D eigenvalue weighted by atomic mass is 16.5. The Morgan fingerprint density at radius 1 is 1.20 bits per heavy atom. The summed E-state index contributed by atoms with van der Waals surface area (Å²) in [6.07, 6.45) is 5.18. The van der Waals surface area contributed by atoms with Gasteiger partial charge in [-0.3, -0.25) is 4.98 Å². The zero-order chi connectivity index (χ0) is 14.2. The Morgan fingerprint density at radius 2 is 2.00 bits per heavy atom. The van der Waals surface area contributed by atoms with E-state index in [1.165, 1.54) is 5.56 Å². The molecule has 2 aromatic rings. The molecule has 0 aliphatic rings. The highest BCUT2D eigenvalue weighted by molar-refractivity contribution is 5.40. The van der Waals surface area contributed by atoms with Gasteiger partial charge in [-0.1, -0.05) is 19.1 Å². The second-order valence-corrected chi connectivity index (χ2v) is 4.51. The molecule has 1 aromatic heterocycles. The predicted molar refractivity (Wildman–Crippen MR) is 80.9 cm³/mol. The Hall–Kier alpha value is -2.30. The first-order chi connectivity index (χ1) is 9.78. The van der Waals surface area contributed by atoms with Crippen LogP contribution in [0.3, 0.4) is 0 Å². The van der Waals surface area contributed by atoms with Gasteiger partial charge in [0.2, 0.25) is 5.88 Å². The number of nitrogens with zero attached hydrogens (tertiary/aromatic N) is 2. The van der Waals surface area contributed by atoms with E-state index in [-0.39, 0.29) is 0 Å². The van der Waals surface area contributed by atoms with Crippen molar-refractivity contribution >= 4 is 11.5 Å². The number of anilines is 2. The smallest absolute Gasteiger partial charge is 0.234 e. The summed E-state index contributed by atoms with van der Waals surface area (Å²) in [5, 5.41) is 3.24. The van der Waals surface area contributed by atoms with Crippen molar-refractivity contribution in [1.82, 2.24) is 9.97 Å². The Balaban J connectivity index is 1.82. The molecule has 0 saturated heterocycles. The maximum atomic E-state index is 5.66. The Kier molecular flexibility index (Phi) is 5.17. The highest BCUT2D eigenvalue weighted by Crippen LogP contribution is 2.10. The van der Waals surface area contributed by atoms with Crippen LogP contribution in [0.5, 0.6) is 5.88 Å². The van der Waals surface area contributed by atoms with Gasteiger partial charge in [0.05, 0.1) is 19.0 Å². The van der Waals surface area contributed by atoms with Crippen molar-refractivity contribution < 1.29 is 4.74 Å². The van der Waals surface area contributed by atoms with E-state index in [2.05, 4.69) is 22.2 Å². The zero-order valence-electron chi connectivity index (χ0n) is 11.7. The fraction of sp³-hybridized carbons (Fsp3) is 0.333. The van der Waals surface area contributed by atoms with E-state index in [4.69, 9.17) is 10.5 Å². The van der Waals surface area contributed by atoms with Crippen LogP contribution in [0.25, 0.3) is 0 Å². The molecule has 0 radical (unpaired) electrons. The summed E-state index contributed by atoms with van der Waals surface area (Å²) in [4.78, 5) is 8.45. The fourth-order valence-electron chi connectivity index (χ4n) is 1.73. The summed E-state index contributed by atoms with van der Waals surface area (Å²) in [6.45, 7) is 3.50. The second-order valence-electron chi connectivity index (χ2n) is 4.51. The molecule has 5 nitrogen and oxygen atoms in total. The third kappa shape index (κ3) is 4.42. The molecule has 0 aliphatic heterocycles. The van der Waals surface area contributed by atoms with Crippen LogP contribution >= 0.6 is 0 Å². The largest absolute Gasteiger partial charge is 0.477 e. The van der Waals surface area contributed by atoms with Gasteiger partial charge >= 0.3 is 0 Å². The van der Waals surface area contributed by atoms with Gasteiger partial charge in [0.25, 0.3) is 0 Å². The SMILES string of the molecule is CCCOc1cncc(NCCc2ccc(N)cc2)n1. The van der Waals surface area contributed by atoms with Gasteiger partial charge in [0.15, 0.2) is 0 Å².